The van der Waals surface area contributed by atoms with Gasteiger partial charge in [0.25, 0.3) is 5.91 Å². The van der Waals surface area contributed by atoms with Crippen molar-refractivity contribution in [2.75, 3.05) is 0 Å². The second-order valence-electron chi connectivity index (χ2n) is 5.20. The second-order valence-corrected chi connectivity index (χ2v) is 6.04. The fraction of sp³-hybridized carbons (Fsp3) is 0.0588. The second kappa shape index (κ2) is 6.55. The first-order valence-electron chi connectivity index (χ1n) is 7.03. The van der Waals surface area contributed by atoms with Crippen LogP contribution < -0.4 is 5.43 Å². The third-order valence-corrected chi connectivity index (χ3v) is 4.08. The van der Waals surface area contributed by atoms with Crippen molar-refractivity contribution in [3.63, 3.8) is 0 Å². The highest BCUT2D eigenvalue weighted by molar-refractivity contribution is 6.36. The van der Waals surface area contributed by atoms with Gasteiger partial charge in [-0.05, 0) is 18.2 Å². The molecule has 2 N–H and O–H groups in total. The SMILES string of the molecule is Cn1cc(C(=O)NN=Cc2cc(Cl)cc(Cl)c2O)c2ccccc21. The monoisotopic (exact) mass is 361 g/mol. The number of amides is 1. The number of phenolic OH excluding ortho intramolecular Hbond substituents is 1. The fourth-order valence-electron chi connectivity index (χ4n) is 2.43. The van der Waals surface area contributed by atoms with E-state index in [1.165, 1.54) is 18.3 Å². The Morgan fingerprint density at radius 1 is 1.29 bits per heavy atom. The normalized spacial score (nSPS) is 11.3. The number of aromatic hydroxyl groups is 1. The lowest BCUT2D eigenvalue weighted by molar-refractivity contribution is 0.0956. The van der Waals surface area contributed by atoms with Gasteiger partial charge in [-0.25, -0.2) is 5.43 Å². The van der Waals surface area contributed by atoms with Crippen LogP contribution in [0.1, 0.15) is 15.9 Å². The van der Waals surface area contributed by atoms with Gasteiger partial charge in [0.15, 0.2) is 0 Å². The summed E-state index contributed by atoms with van der Waals surface area (Å²) in [6, 6.07) is 10.5. The van der Waals surface area contributed by atoms with Crippen molar-refractivity contribution >= 4 is 46.2 Å². The molecule has 7 heteroatoms. The van der Waals surface area contributed by atoms with Crippen molar-refractivity contribution in [2.24, 2.45) is 12.1 Å². The Morgan fingerprint density at radius 3 is 2.83 bits per heavy atom. The number of halogens is 2. The molecule has 0 radical (unpaired) electrons. The average Bonchev–Trinajstić information content (AvgIpc) is 2.89. The van der Waals surface area contributed by atoms with Gasteiger partial charge >= 0.3 is 0 Å². The summed E-state index contributed by atoms with van der Waals surface area (Å²) in [6.45, 7) is 0. The van der Waals surface area contributed by atoms with Gasteiger partial charge in [0, 0.05) is 34.7 Å². The third-order valence-electron chi connectivity index (χ3n) is 3.57. The number of rotatable bonds is 3. The van der Waals surface area contributed by atoms with E-state index in [0.29, 0.717) is 16.1 Å². The van der Waals surface area contributed by atoms with E-state index in [1.807, 2.05) is 35.9 Å². The minimum atomic E-state index is -0.351. The first-order valence-corrected chi connectivity index (χ1v) is 7.78. The molecule has 24 heavy (non-hydrogen) atoms. The molecule has 1 heterocycles. The summed E-state index contributed by atoms with van der Waals surface area (Å²) in [5.41, 5.74) is 4.21. The number of nitrogens with one attached hydrogen (secondary N) is 1. The van der Waals surface area contributed by atoms with Crippen LogP contribution >= 0.6 is 23.2 Å². The van der Waals surface area contributed by atoms with Crippen LogP contribution in [-0.2, 0) is 7.05 Å². The van der Waals surface area contributed by atoms with E-state index in [2.05, 4.69) is 10.5 Å². The Bertz CT molecular complexity index is 964. The van der Waals surface area contributed by atoms with Gasteiger partial charge in [-0.2, -0.15) is 5.10 Å². The van der Waals surface area contributed by atoms with Crippen LogP contribution in [0.15, 0.2) is 47.7 Å². The molecule has 0 saturated heterocycles. The van der Waals surface area contributed by atoms with E-state index < -0.39 is 0 Å². The summed E-state index contributed by atoms with van der Waals surface area (Å²) < 4.78 is 1.87. The molecule has 3 aromatic rings. The highest BCUT2D eigenvalue weighted by Gasteiger charge is 2.13. The molecule has 1 amide bonds. The van der Waals surface area contributed by atoms with E-state index in [1.54, 1.807) is 6.20 Å². The molecule has 0 spiro atoms. The maximum absolute atomic E-state index is 12.3. The topological polar surface area (TPSA) is 66.6 Å². The van der Waals surface area contributed by atoms with Gasteiger partial charge < -0.3 is 9.67 Å². The molecule has 0 atom stereocenters. The zero-order valence-corrected chi connectivity index (χ0v) is 14.1. The summed E-state index contributed by atoms with van der Waals surface area (Å²) in [6.07, 6.45) is 3.03. The highest BCUT2D eigenvalue weighted by atomic mass is 35.5. The molecule has 0 unspecified atom stereocenters. The summed E-state index contributed by atoms with van der Waals surface area (Å²) in [5.74, 6) is -0.500. The van der Waals surface area contributed by atoms with E-state index in [0.717, 1.165) is 10.9 Å². The number of hydrogen-bond donors (Lipinski definition) is 2. The highest BCUT2D eigenvalue weighted by Crippen LogP contribution is 2.30. The summed E-state index contributed by atoms with van der Waals surface area (Å²) >= 11 is 11.7. The molecular weight excluding hydrogens is 349 g/mol. The molecule has 5 nitrogen and oxygen atoms in total. The maximum Gasteiger partial charge on any atom is 0.273 e. The number of para-hydroxylation sites is 1. The zero-order valence-electron chi connectivity index (χ0n) is 12.6. The van der Waals surface area contributed by atoms with Gasteiger partial charge in [0.2, 0.25) is 0 Å². The first kappa shape index (κ1) is 16.4. The summed E-state index contributed by atoms with van der Waals surface area (Å²) in [7, 11) is 1.87. The minimum Gasteiger partial charge on any atom is -0.506 e. The number of carbonyl (C=O) groups excluding carboxylic acids is 1. The van der Waals surface area contributed by atoms with Gasteiger partial charge in [-0.1, -0.05) is 41.4 Å². The Hall–Kier alpha value is -2.50. The number of hydrogen-bond acceptors (Lipinski definition) is 3. The van der Waals surface area contributed by atoms with Crippen LogP contribution in [0.25, 0.3) is 10.9 Å². The van der Waals surface area contributed by atoms with Crippen molar-refractivity contribution in [3.05, 3.63) is 63.8 Å². The summed E-state index contributed by atoms with van der Waals surface area (Å²) in [5, 5.41) is 15.0. The molecule has 0 aliphatic heterocycles. The van der Waals surface area contributed by atoms with Crippen molar-refractivity contribution in [1.82, 2.24) is 9.99 Å². The fourth-order valence-corrected chi connectivity index (χ4v) is 2.94. The number of nitrogens with zero attached hydrogens (tertiary/aromatic N) is 2. The lowest BCUT2D eigenvalue weighted by Crippen LogP contribution is -2.17. The Kier molecular flexibility index (Phi) is 4.46. The quantitative estimate of drug-likeness (QED) is 0.547. The van der Waals surface area contributed by atoms with Crippen LogP contribution in [0.5, 0.6) is 5.75 Å². The number of aryl methyl sites for hydroxylation is 1. The first-order chi connectivity index (χ1) is 11.5. The number of fused-ring (bicyclic) bond motifs is 1. The number of aromatic nitrogens is 1. The van der Waals surface area contributed by atoms with Crippen LogP contribution in [0.3, 0.4) is 0 Å². The van der Waals surface area contributed by atoms with E-state index in [4.69, 9.17) is 23.2 Å². The smallest absolute Gasteiger partial charge is 0.273 e. The molecule has 0 saturated carbocycles. The van der Waals surface area contributed by atoms with Crippen molar-refractivity contribution in [1.29, 1.82) is 0 Å². The summed E-state index contributed by atoms with van der Waals surface area (Å²) in [4.78, 5) is 12.3. The molecule has 0 aliphatic carbocycles. The molecule has 1 aromatic heterocycles. The lowest BCUT2D eigenvalue weighted by Gasteiger charge is -2.02. The number of hydrazone groups is 1. The van der Waals surface area contributed by atoms with Crippen LogP contribution in [0.2, 0.25) is 10.0 Å². The third kappa shape index (κ3) is 3.09. The Morgan fingerprint density at radius 2 is 2.04 bits per heavy atom. The lowest BCUT2D eigenvalue weighted by atomic mass is 10.2. The molecule has 122 valence electrons. The molecule has 0 bridgehead atoms. The Labute approximate surface area is 148 Å². The number of phenols is 1. The van der Waals surface area contributed by atoms with Crippen LogP contribution in [0.4, 0.5) is 0 Å². The maximum atomic E-state index is 12.3. The molecule has 0 aliphatic rings. The van der Waals surface area contributed by atoms with Crippen LogP contribution in [0, 0.1) is 0 Å². The van der Waals surface area contributed by atoms with E-state index in [-0.39, 0.29) is 16.7 Å². The molecule has 3 rings (SSSR count). The van der Waals surface area contributed by atoms with Gasteiger partial charge in [-0.3, -0.25) is 4.79 Å². The molecule has 0 fully saturated rings. The van der Waals surface area contributed by atoms with Gasteiger partial charge in [-0.15, -0.1) is 0 Å². The standard InChI is InChI=1S/C17H13Cl2N3O2/c1-22-9-13(12-4-2-3-5-15(12)22)17(24)21-20-8-10-6-11(18)7-14(19)16(10)23/h2-9,23H,1H3,(H,21,24). The number of benzene rings is 2. The van der Waals surface area contributed by atoms with Crippen molar-refractivity contribution < 1.29 is 9.90 Å². The number of carbonyl (C=O) groups is 1. The van der Waals surface area contributed by atoms with E-state index >= 15 is 0 Å². The largest absolute Gasteiger partial charge is 0.506 e. The minimum absolute atomic E-state index is 0.115. The van der Waals surface area contributed by atoms with Gasteiger partial charge in [0.05, 0.1) is 16.8 Å². The van der Waals surface area contributed by atoms with Crippen LogP contribution in [-0.4, -0.2) is 21.8 Å². The zero-order chi connectivity index (χ0) is 17.3. The van der Waals surface area contributed by atoms with Crippen molar-refractivity contribution in [2.45, 2.75) is 0 Å². The average molecular weight is 362 g/mol. The van der Waals surface area contributed by atoms with Crippen molar-refractivity contribution in [3.8, 4) is 5.75 Å². The van der Waals surface area contributed by atoms with Gasteiger partial charge in [0.1, 0.15) is 5.75 Å². The molecule has 2 aromatic carbocycles. The predicted octanol–water partition coefficient (Wildman–Crippen LogP) is 3.95. The Balaban J connectivity index is 1.83. The molecular formula is C17H13Cl2N3O2. The predicted molar refractivity (Wildman–Crippen MR) is 96.1 cm³/mol. The van der Waals surface area contributed by atoms with E-state index in [9.17, 15) is 9.90 Å².